The largest absolute Gasteiger partial charge is 0.493 e. The van der Waals surface area contributed by atoms with Gasteiger partial charge in [0, 0.05) is 37.4 Å². The first-order valence-corrected chi connectivity index (χ1v) is 9.82. The van der Waals surface area contributed by atoms with Gasteiger partial charge in [0.15, 0.2) is 23.0 Å². The fraction of sp³-hybridized carbons (Fsp3) is 0.348. The molecule has 0 bridgehead atoms. The van der Waals surface area contributed by atoms with Crippen LogP contribution in [0, 0.1) is 0 Å². The van der Waals surface area contributed by atoms with Crippen molar-refractivity contribution >= 4 is 28.6 Å². The van der Waals surface area contributed by atoms with Crippen molar-refractivity contribution in [2.24, 2.45) is 0 Å². The number of para-hydroxylation sites is 2. The minimum Gasteiger partial charge on any atom is -0.493 e. The van der Waals surface area contributed by atoms with Crippen molar-refractivity contribution in [3.05, 3.63) is 36.4 Å². The summed E-state index contributed by atoms with van der Waals surface area (Å²) in [4.78, 5) is 21.8. The van der Waals surface area contributed by atoms with E-state index in [1.165, 1.54) is 32.4 Å². The number of piperazine rings is 1. The molecule has 0 saturated carbocycles. The highest BCUT2D eigenvalue weighted by molar-refractivity contribution is 5.91. The SMILES string of the molecule is [2H]C1([2H])N(C(=O)C2COc3ccccc3O2)C([2H])([2H])C([2H])([2H])N(c2nc(N)c3cc(OC)c(OC)cc3n2)C1([2H])[2H]. The maximum Gasteiger partial charge on any atom is 0.267 e. The number of amides is 1. The summed E-state index contributed by atoms with van der Waals surface area (Å²) in [5, 5.41) is 0.238. The Labute approximate surface area is 202 Å². The fourth-order valence-corrected chi connectivity index (χ4v) is 3.32. The molecule has 1 atom stereocenters. The first kappa shape index (κ1) is 13.6. The smallest absolute Gasteiger partial charge is 0.267 e. The third-order valence-corrected chi connectivity index (χ3v) is 4.97. The van der Waals surface area contributed by atoms with Gasteiger partial charge in [-0.2, -0.15) is 4.98 Å². The van der Waals surface area contributed by atoms with Crippen molar-refractivity contribution in [3.8, 4) is 23.0 Å². The summed E-state index contributed by atoms with van der Waals surface area (Å²) < 4.78 is 91.1. The summed E-state index contributed by atoms with van der Waals surface area (Å²) >= 11 is 0. The molecule has 10 nitrogen and oxygen atoms in total. The van der Waals surface area contributed by atoms with E-state index >= 15 is 0 Å². The summed E-state index contributed by atoms with van der Waals surface area (Å²) in [5.41, 5.74) is 6.16. The number of fused-ring (bicyclic) bond motifs is 2. The van der Waals surface area contributed by atoms with Gasteiger partial charge in [-0.15, -0.1) is 0 Å². The molecular formula is C23H25N5O5. The molecule has 0 aliphatic carbocycles. The van der Waals surface area contributed by atoms with Gasteiger partial charge in [-0.1, -0.05) is 12.1 Å². The molecule has 1 fully saturated rings. The Balaban J connectivity index is 1.61. The number of nitrogens with zero attached hydrogens (tertiary/aromatic N) is 4. The zero-order valence-corrected chi connectivity index (χ0v) is 17.7. The molecule has 2 aliphatic rings. The van der Waals surface area contributed by atoms with Crippen LogP contribution in [0.2, 0.25) is 0 Å². The number of benzene rings is 2. The third kappa shape index (κ3) is 3.88. The van der Waals surface area contributed by atoms with E-state index in [1.54, 1.807) is 18.2 Å². The highest BCUT2D eigenvalue weighted by Crippen LogP contribution is 2.34. The van der Waals surface area contributed by atoms with E-state index in [9.17, 15) is 4.79 Å². The number of methoxy groups -OCH3 is 2. The Hall–Kier alpha value is -3.95. The zero-order valence-electron chi connectivity index (χ0n) is 25.7. The average Bonchev–Trinajstić information content (AvgIpc) is 2.90. The van der Waals surface area contributed by atoms with Crippen LogP contribution < -0.4 is 29.6 Å². The number of nitrogen functional groups attached to an aromatic ring is 1. The molecule has 1 unspecified atom stereocenters. The van der Waals surface area contributed by atoms with Crippen molar-refractivity contribution in [2.75, 3.05) is 57.4 Å². The number of hydrogen-bond donors (Lipinski definition) is 1. The van der Waals surface area contributed by atoms with E-state index in [0.29, 0.717) is 5.75 Å². The minimum absolute atomic E-state index is 0.0581. The van der Waals surface area contributed by atoms with Crippen LogP contribution in [-0.2, 0) is 4.79 Å². The van der Waals surface area contributed by atoms with E-state index in [2.05, 4.69) is 9.97 Å². The Kier molecular flexibility index (Phi) is 3.51. The molecule has 1 saturated heterocycles. The molecule has 10 heteroatoms. The van der Waals surface area contributed by atoms with Crippen LogP contribution >= 0.6 is 0 Å². The van der Waals surface area contributed by atoms with Gasteiger partial charge in [0.25, 0.3) is 5.91 Å². The van der Waals surface area contributed by atoms with Crippen molar-refractivity contribution in [2.45, 2.75) is 6.10 Å². The molecule has 2 aromatic carbocycles. The van der Waals surface area contributed by atoms with Crippen LogP contribution in [0.4, 0.5) is 11.8 Å². The number of rotatable bonds is 4. The second-order valence-electron chi connectivity index (χ2n) is 6.95. The molecule has 172 valence electrons. The summed E-state index contributed by atoms with van der Waals surface area (Å²) in [6, 6.07) is 9.16. The first-order chi connectivity index (χ1) is 19.1. The van der Waals surface area contributed by atoms with Crippen LogP contribution in [0.1, 0.15) is 11.0 Å². The predicted octanol–water partition coefficient (Wildman–Crippen LogP) is 1.72. The highest BCUT2D eigenvalue weighted by atomic mass is 16.6. The van der Waals surface area contributed by atoms with Crippen LogP contribution in [0.5, 0.6) is 23.0 Å². The number of carbonyl (C=O) groups is 1. The summed E-state index contributed by atoms with van der Waals surface area (Å²) in [6.07, 6.45) is -1.59. The average molecular weight is 460 g/mol. The maximum absolute atomic E-state index is 13.6. The lowest BCUT2D eigenvalue weighted by Crippen LogP contribution is -2.54. The minimum atomic E-state index is -3.50. The van der Waals surface area contributed by atoms with Gasteiger partial charge in [-0.05, 0) is 18.2 Å². The lowest BCUT2D eigenvalue weighted by atomic mass is 10.2. The number of nitrogens with two attached hydrogens (primary N) is 1. The quantitative estimate of drug-likeness (QED) is 0.623. The topological polar surface area (TPSA) is 112 Å². The molecule has 2 aliphatic heterocycles. The monoisotopic (exact) mass is 459 g/mol. The lowest BCUT2D eigenvalue weighted by molar-refractivity contribution is -0.141. The number of aromatic nitrogens is 2. The molecule has 1 amide bonds. The number of ether oxygens (including phenoxy) is 4. The molecular weight excluding hydrogens is 426 g/mol. The van der Waals surface area contributed by atoms with E-state index in [-0.39, 0.29) is 43.8 Å². The first-order valence-electron chi connectivity index (χ1n) is 13.8. The van der Waals surface area contributed by atoms with Crippen molar-refractivity contribution in [1.82, 2.24) is 14.9 Å². The third-order valence-electron chi connectivity index (χ3n) is 4.97. The highest BCUT2D eigenvalue weighted by Gasteiger charge is 2.33. The van der Waals surface area contributed by atoms with Gasteiger partial charge in [0.05, 0.1) is 30.7 Å². The number of carbonyl (C=O) groups excluding carboxylic acids is 1. The normalized spacial score (nSPS) is 27.4. The summed E-state index contributed by atoms with van der Waals surface area (Å²) in [5.74, 6) is -1.43. The molecule has 3 heterocycles. The van der Waals surface area contributed by atoms with Crippen molar-refractivity contribution in [1.29, 1.82) is 0 Å². The molecule has 3 aromatic rings. The zero-order chi connectivity index (χ0) is 30.1. The molecule has 0 radical (unpaired) electrons. The predicted molar refractivity (Wildman–Crippen MR) is 122 cm³/mol. The molecule has 33 heavy (non-hydrogen) atoms. The summed E-state index contributed by atoms with van der Waals surface area (Å²) in [7, 11) is 2.76. The van der Waals surface area contributed by atoms with Gasteiger partial charge in [0.1, 0.15) is 12.4 Å². The Morgan fingerprint density at radius 3 is 2.52 bits per heavy atom. The standard InChI is InChI=1S/C23H25N5O5/c1-30-18-11-14-15(12-19(18)31-2)25-23(26-21(14)24)28-9-7-27(8-10-28)22(29)20-13-32-16-5-3-4-6-17(16)33-20/h3-6,11-12,20H,7-10,13H2,1-2H3,(H2,24,25,26)/i7D2,8D2,9D2,10D2. The molecule has 2 N–H and O–H groups in total. The van der Waals surface area contributed by atoms with Gasteiger partial charge in [0.2, 0.25) is 12.1 Å². The van der Waals surface area contributed by atoms with Gasteiger partial charge >= 0.3 is 0 Å². The number of hydrogen-bond acceptors (Lipinski definition) is 9. The van der Waals surface area contributed by atoms with Crippen LogP contribution in [-0.4, -0.2) is 73.7 Å². The lowest BCUT2D eigenvalue weighted by Gasteiger charge is -2.37. The molecule has 5 rings (SSSR count). The Morgan fingerprint density at radius 2 is 1.79 bits per heavy atom. The van der Waals surface area contributed by atoms with Crippen LogP contribution in [0.25, 0.3) is 10.9 Å². The second kappa shape index (κ2) is 8.53. The van der Waals surface area contributed by atoms with E-state index < -0.39 is 50.6 Å². The summed E-state index contributed by atoms with van der Waals surface area (Å²) in [6.45, 7) is -14.3. The van der Waals surface area contributed by atoms with Crippen LogP contribution in [0.15, 0.2) is 36.4 Å². The second-order valence-corrected chi connectivity index (χ2v) is 6.95. The number of anilines is 2. The van der Waals surface area contributed by atoms with E-state index in [1.807, 2.05) is 0 Å². The Morgan fingerprint density at radius 1 is 1.09 bits per heavy atom. The molecule has 1 aromatic heterocycles. The van der Waals surface area contributed by atoms with Gasteiger partial charge in [-0.3, -0.25) is 4.79 Å². The van der Waals surface area contributed by atoms with Gasteiger partial charge < -0.3 is 34.5 Å². The van der Waals surface area contributed by atoms with Crippen molar-refractivity contribution in [3.63, 3.8) is 0 Å². The van der Waals surface area contributed by atoms with E-state index in [0.717, 1.165) is 0 Å². The van der Waals surface area contributed by atoms with Crippen LogP contribution in [0.3, 0.4) is 0 Å². The Bertz CT molecular complexity index is 1510. The van der Waals surface area contributed by atoms with Gasteiger partial charge in [-0.25, -0.2) is 4.98 Å². The fourth-order valence-electron chi connectivity index (χ4n) is 3.32. The maximum atomic E-state index is 13.6. The van der Waals surface area contributed by atoms with E-state index in [4.69, 9.17) is 35.6 Å². The molecule has 0 spiro atoms. The van der Waals surface area contributed by atoms with Crippen molar-refractivity contribution < 1.29 is 34.7 Å².